The number of hydrogen-bond donors (Lipinski definition) is 2. The molecule has 0 heterocycles. The Bertz CT molecular complexity index is 449. The van der Waals surface area contributed by atoms with Gasteiger partial charge in [0.25, 0.3) is 5.91 Å². The third kappa shape index (κ3) is 5.17. The molecule has 0 fully saturated rings. The Morgan fingerprint density at radius 3 is 2.65 bits per heavy atom. The third-order valence-electron chi connectivity index (χ3n) is 2.69. The van der Waals surface area contributed by atoms with Crippen molar-refractivity contribution in [1.29, 1.82) is 0 Å². The van der Waals surface area contributed by atoms with Gasteiger partial charge in [-0.2, -0.15) is 0 Å². The van der Waals surface area contributed by atoms with Crippen LogP contribution < -0.4 is 15.4 Å². The molecule has 0 aliphatic rings. The van der Waals surface area contributed by atoms with Crippen LogP contribution in [0.1, 0.15) is 33.3 Å². The second kappa shape index (κ2) is 7.85. The van der Waals surface area contributed by atoms with Gasteiger partial charge in [0, 0.05) is 18.2 Å². The molecule has 0 radical (unpaired) electrons. The Morgan fingerprint density at radius 2 is 2.05 bits per heavy atom. The average Bonchev–Trinajstić information content (AvgIpc) is 2.38. The lowest BCUT2D eigenvalue weighted by Crippen LogP contribution is -2.40. The second-order valence-electron chi connectivity index (χ2n) is 4.96. The van der Waals surface area contributed by atoms with Gasteiger partial charge in [-0.05, 0) is 45.5 Å². The molecule has 1 rings (SSSR count). The van der Waals surface area contributed by atoms with Crippen molar-refractivity contribution in [3.05, 3.63) is 29.6 Å². The first-order chi connectivity index (χ1) is 9.43. The van der Waals surface area contributed by atoms with Crippen LogP contribution in [0, 0.1) is 5.82 Å². The summed E-state index contributed by atoms with van der Waals surface area (Å²) in [4.78, 5) is 11.8. The number of benzene rings is 1. The zero-order chi connectivity index (χ0) is 15.1. The average molecular weight is 282 g/mol. The summed E-state index contributed by atoms with van der Waals surface area (Å²) < 4.78 is 18.9. The van der Waals surface area contributed by atoms with E-state index in [4.69, 9.17) is 4.74 Å². The van der Waals surface area contributed by atoms with Crippen molar-refractivity contribution in [3.63, 3.8) is 0 Å². The van der Waals surface area contributed by atoms with Gasteiger partial charge in [0.1, 0.15) is 11.6 Å². The number of halogens is 1. The molecule has 112 valence electrons. The smallest absolute Gasteiger partial charge is 0.260 e. The quantitative estimate of drug-likeness (QED) is 0.806. The molecule has 1 amide bonds. The lowest BCUT2D eigenvalue weighted by atomic mass is 10.2. The van der Waals surface area contributed by atoms with Crippen LogP contribution in [0.3, 0.4) is 0 Å². The van der Waals surface area contributed by atoms with E-state index in [0.717, 1.165) is 6.54 Å². The molecule has 1 unspecified atom stereocenters. The lowest BCUT2D eigenvalue weighted by Gasteiger charge is -2.18. The zero-order valence-corrected chi connectivity index (χ0v) is 12.5. The molecule has 1 aromatic rings. The van der Waals surface area contributed by atoms with Crippen molar-refractivity contribution in [3.8, 4) is 5.75 Å². The highest BCUT2D eigenvalue weighted by molar-refractivity contribution is 5.80. The molecule has 0 aliphatic carbocycles. The van der Waals surface area contributed by atoms with Crippen LogP contribution in [0.4, 0.5) is 4.39 Å². The van der Waals surface area contributed by atoms with Gasteiger partial charge in [-0.15, -0.1) is 0 Å². The van der Waals surface area contributed by atoms with Gasteiger partial charge in [-0.25, -0.2) is 4.39 Å². The number of nitrogens with one attached hydrogen (secondary N) is 2. The molecule has 0 saturated carbocycles. The van der Waals surface area contributed by atoms with E-state index >= 15 is 0 Å². The summed E-state index contributed by atoms with van der Waals surface area (Å²) in [6.07, 6.45) is -0.622. The normalized spacial score (nSPS) is 12.3. The van der Waals surface area contributed by atoms with Gasteiger partial charge in [-0.3, -0.25) is 4.79 Å². The Hall–Kier alpha value is -1.62. The summed E-state index contributed by atoms with van der Waals surface area (Å²) in [6.45, 7) is 8.70. The first-order valence-electron chi connectivity index (χ1n) is 6.90. The van der Waals surface area contributed by atoms with E-state index in [1.165, 1.54) is 12.1 Å². The second-order valence-corrected chi connectivity index (χ2v) is 4.96. The Kier molecular flexibility index (Phi) is 6.45. The largest absolute Gasteiger partial charge is 0.481 e. The fraction of sp³-hybridized carbons (Fsp3) is 0.533. The highest BCUT2D eigenvalue weighted by atomic mass is 19.1. The minimum atomic E-state index is -0.622. The van der Waals surface area contributed by atoms with Gasteiger partial charge >= 0.3 is 0 Å². The standard InChI is InChI=1S/C15H23FN2O2/c1-5-17-9-12-8-13(16)6-7-14(12)20-11(4)15(19)18-10(2)3/h6-8,10-11,17H,5,9H2,1-4H3,(H,18,19). The summed E-state index contributed by atoms with van der Waals surface area (Å²) in [5, 5.41) is 5.90. The van der Waals surface area contributed by atoms with E-state index in [1.807, 2.05) is 20.8 Å². The molecule has 0 aliphatic heterocycles. The Balaban J connectivity index is 2.77. The molecule has 5 heteroatoms. The third-order valence-corrected chi connectivity index (χ3v) is 2.69. The maximum Gasteiger partial charge on any atom is 0.260 e. The zero-order valence-electron chi connectivity index (χ0n) is 12.5. The van der Waals surface area contributed by atoms with E-state index in [9.17, 15) is 9.18 Å². The van der Waals surface area contributed by atoms with Crippen molar-refractivity contribution in [2.24, 2.45) is 0 Å². The minimum Gasteiger partial charge on any atom is -0.481 e. The molecule has 4 nitrogen and oxygen atoms in total. The summed E-state index contributed by atoms with van der Waals surface area (Å²) in [5.41, 5.74) is 0.705. The maximum atomic E-state index is 13.3. The number of ether oxygens (including phenoxy) is 1. The van der Waals surface area contributed by atoms with Crippen LogP contribution in [-0.2, 0) is 11.3 Å². The molecular weight excluding hydrogens is 259 g/mol. The van der Waals surface area contributed by atoms with E-state index < -0.39 is 6.10 Å². The van der Waals surface area contributed by atoms with Crippen molar-refractivity contribution in [2.75, 3.05) is 6.54 Å². The Labute approximate surface area is 119 Å². The van der Waals surface area contributed by atoms with Gasteiger partial charge in [-0.1, -0.05) is 6.92 Å². The summed E-state index contributed by atoms with van der Waals surface area (Å²) in [6, 6.07) is 4.37. The van der Waals surface area contributed by atoms with Gasteiger partial charge in [0.05, 0.1) is 0 Å². The first kappa shape index (κ1) is 16.4. The molecule has 0 spiro atoms. The van der Waals surface area contributed by atoms with Crippen molar-refractivity contribution in [2.45, 2.75) is 46.4 Å². The Morgan fingerprint density at radius 1 is 1.35 bits per heavy atom. The highest BCUT2D eigenvalue weighted by Crippen LogP contribution is 2.21. The highest BCUT2D eigenvalue weighted by Gasteiger charge is 2.17. The predicted octanol–water partition coefficient (Wildman–Crippen LogP) is 2.23. The summed E-state index contributed by atoms with van der Waals surface area (Å²) in [5.74, 6) is 0.0296. The molecule has 0 bridgehead atoms. The van der Waals surface area contributed by atoms with Crippen molar-refractivity contribution in [1.82, 2.24) is 10.6 Å². The monoisotopic (exact) mass is 282 g/mol. The number of hydrogen-bond acceptors (Lipinski definition) is 3. The number of amides is 1. The SMILES string of the molecule is CCNCc1cc(F)ccc1OC(C)C(=O)NC(C)C. The minimum absolute atomic E-state index is 0.0583. The lowest BCUT2D eigenvalue weighted by molar-refractivity contribution is -0.127. The van der Waals surface area contributed by atoms with E-state index in [2.05, 4.69) is 10.6 Å². The van der Waals surface area contributed by atoms with Gasteiger partial charge in [0.15, 0.2) is 6.10 Å². The first-order valence-corrected chi connectivity index (χ1v) is 6.90. The van der Waals surface area contributed by atoms with Crippen LogP contribution in [0.2, 0.25) is 0 Å². The number of carbonyl (C=O) groups excluding carboxylic acids is 1. The van der Waals surface area contributed by atoms with E-state index in [1.54, 1.807) is 13.0 Å². The summed E-state index contributed by atoms with van der Waals surface area (Å²) >= 11 is 0. The predicted molar refractivity (Wildman–Crippen MR) is 77.1 cm³/mol. The van der Waals surface area contributed by atoms with Crippen LogP contribution >= 0.6 is 0 Å². The number of carbonyl (C=O) groups is 1. The molecule has 2 N–H and O–H groups in total. The molecule has 0 aromatic heterocycles. The fourth-order valence-electron chi connectivity index (χ4n) is 1.71. The van der Waals surface area contributed by atoms with Crippen molar-refractivity contribution >= 4 is 5.91 Å². The molecule has 0 saturated heterocycles. The summed E-state index contributed by atoms with van der Waals surface area (Å²) in [7, 11) is 0. The molecule has 1 atom stereocenters. The molecule has 20 heavy (non-hydrogen) atoms. The van der Waals surface area contributed by atoms with Crippen LogP contribution in [-0.4, -0.2) is 24.6 Å². The van der Waals surface area contributed by atoms with Gasteiger partial charge in [0.2, 0.25) is 0 Å². The van der Waals surface area contributed by atoms with Gasteiger partial charge < -0.3 is 15.4 Å². The van der Waals surface area contributed by atoms with Crippen LogP contribution in [0.5, 0.6) is 5.75 Å². The van der Waals surface area contributed by atoms with E-state index in [0.29, 0.717) is 17.9 Å². The number of rotatable bonds is 7. The van der Waals surface area contributed by atoms with Crippen molar-refractivity contribution < 1.29 is 13.9 Å². The van der Waals surface area contributed by atoms with E-state index in [-0.39, 0.29) is 17.8 Å². The molecule has 1 aromatic carbocycles. The topological polar surface area (TPSA) is 50.4 Å². The molecular formula is C15H23FN2O2. The fourth-order valence-corrected chi connectivity index (χ4v) is 1.71. The van der Waals surface area contributed by atoms with Crippen LogP contribution in [0.25, 0.3) is 0 Å². The maximum absolute atomic E-state index is 13.3. The van der Waals surface area contributed by atoms with Crippen LogP contribution in [0.15, 0.2) is 18.2 Å².